The van der Waals surface area contributed by atoms with Crippen molar-refractivity contribution in [3.05, 3.63) is 0 Å². The molecule has 146 valence electrons. The number of amides is 1. The molecule has 25 heavy (non-hydrogen) atoms. The van der Waals surface area contributed by atoms with Gasteiger partial charge in [0.15, 0.2) is 12.6 Å². The third kappa shape index (κ3) is 4.66. The Morgan fingerprint density at radius 1 is 1.20 bits per heavy atom. The van der Waals surface area contributed by atoms with Gasteiger partial charge in [-0.15, -0.1) is 0 Å². The van der Waals surface area contributed by atoms with Gasteiger partial charge < -0.3 is 44.7 Å². The molecule has 0 unspecified atom stereocenters. The summed E-state index contributed by atoms with van der Waals surface area (Å²) in [6, 6.07) is -0.891. The van der Waals surface area contributed by atoms with Gasteiger partial charge in [-0.25, -0.2) is 0 Å². The number of rotatable bonds is 5. The molecule has 2 aliphatic heterocycles. The van der Waals surface area contributed by atoms with Crippen molar-refractivity contribution in [3.8, 4) is 0 Å². The average Bonchev–Trinajstić information content (AvgIpc) is 2.55. The fraction of sp³-hybridized carbons (Fsp3) is 0.933. The summed E-state index contributed by atoms with van der Waals surface area (Å²) in [7, 11) is 1.35. The Morgan fingerprint density at radius 3 is 2.44 bits per heavy atom. The lowest BCUT2D eigenvalue weighted by molar-refractivity contribution is -0.325. The standard InChI is InChI=1S/C15H27NO9/c1-6-8(19)4-9(20)14(23-6)25-13-11(16-7(2)18)15(22-3)24-10(5-17)12(13)21/h6,8-15,17,19-21H,4-5H2,1-3H3,(H,16,18)/t6-,8+,9+,10-,11-,12-,13-,14+,15-/m1/s1. The van der Waals surface area contributed by atoms with Crippen molar-refractivity contribution < 1.29 is 44.2 Å². The number of nitrogens with one attached hydrogen (secondary N) is 1. The molecular weight excluding hydrogens is 338 g/mol. The molecule has 2 fully saturated rings. The Morgan fingerprint density at radius 2 is 1.88 bits per heavy atom. The summed E-state index contributed by atoms with van der Waals surface area (Å²) in [5, 5.41) is 42.3. The van der Waals surface area contributed by atoms with Crippen molar-refractivity contribution in [1.82, 2.24) is 5.32 Å². The first-order chi connectivity index (χ1) is 11.8. The van der Waals surface area contributed by atoms with Gasteiger partial charge >= 0.3 is 0 Å². The SMILES string of the molecule is CO[C@@H]1O[C@H](CO)[C@@H](O)[C@H](O[C@@H]2O[C@H](C)[C@@H](O)C[C@@H]2O)[C@H]1NC(C)=O. The number of aliphatic hydroxyl groups is 4. The van der Waals surface area contributed by atoms with Crippen LogP contribution in [0.5, 0.6) is 0 Å². The third-order valence-electron chi connectivity index (χ3n) is 4.43. The molecule has 0 aromatic heterocycles. The van der Waals surface area contributed by atoms with Gasteiger partial charge in [0.25, 0.3) is 0 Å². The predicted molar refractivity (Wildman–Crippen MR) is 82.2 cm³/mol. The number of ether oxygens (including phenoxy) is 4. The van der Waals surface area contributed by atoms with E-state index in [1.165, 1.54) is 14.0 Å². The number of carbonyl (C=O) groups is 1. The van der Waals surface area contributed by atoms with Crippen LogP contribution in [0.3, 0.4) is 0 Å². The van der Waals surface area contributed by atoms with Crippen LogP contribution in [0.15, 0.2) is 0 Å². The summed E-state index contributed by atoms with van der Waals surface area (Å²) >= 11 is 0. The molecule has 9 atom stereocenters. The van der Waals surface area contributed by atoms with Crippen molar-refractivity contribution in [2.45, 2.75) is 75.5 Å². The Balaban J connectivity index is 2.20. The summed E-state index contributed by atoms with van der Waals surface area (Å²) in [5.41, 5.74) is 0. The fourth-order valence-corrected chi connectivity index (χ4v) is 3.04. The van der Waals surface area contributed by atoms with Crippen LogP contribution < -0.4 is 5.32 Å². The lowest BCUT2D eigenvalue weighted by Gasteiger charge is -2.46. The van der Waals surface area contributed by atoms with E-state index in [1.807, 2.05) is 0 Å². The molecule has 10 heteroatoms. The van der Waals surface area contributed by atoms with Crippen LogP contribution in [-0.4, -0.2) is 95.3 Å². The summed E-state index contributed by atoms with van der Waals surface area (Å²) < 4.78 is 21.8. The van der Waals surface area contributed by atoms with Crippen LogP contribution in [0.2, 0.25) is 0 Å². The highest BCUT2D eigenvalue weighted by molar-refractivity contribution is 5.73. The van der Waals surface area contributed by atoms with Gasteiger partial charge in [0.05, 0.1) is 18.8 Å². The van der Waals surface area contributed by atoms with Gasteiger partial charge in [0.2, 0.25) is 5.91 Å². The zero-order valence-electron chi connectivity index (χ0n) is 14.4. The normalized spacial score (nSPS) is 45.2. The van der Waals surface area contributed by atoms with Crippen LogP contribution in [0, 0.1) is 0 Å². The van der Waals surface area contributed by atoms with Crippen LogP contribution >= 0.6 is 0 Å². The second-order valence-electron chi connectivity index (χ2n) is 6.36. The summed E-state index contributed by atoms with van der Waals surface area (Å²) in [5.74, 6) is -0.396. The van der Waals surface area contributed by atoms with E-state index in [-0.39, 0.29) is 6.42 Å². The predicted octanol–water partition coefficient (Wildman–Crippen LogP) is -2.54. The number of hydrogen-bond acceptors (Lipinski definition) is 9. The van der Waals surface area contributed by atoms with E-state index < -0.39 is 67.8 Å². The second-order valence-corrected chi connectivity index (χ2v) is 6.36. The molecule has 2 saturated heterocycles. The van der Waals surface area contributed by atoms with Crippen molar-refractivity contribution >= 4 is 5.91 Å². The zero-order valence-corrected chi connectivity index (χ0v) is 14.4. The van der Waals surface area contributed by atoms with Crippen LogP contribution in [0.25, 0.3) is 0 Å². The second kappa shape index (κ2) is 8.69. The Bertz CT molecular complexity index is 451. The van der Waals surface area contributed by atoms with E-state index in [2.05, 4.69) is 5.32 Å². The maximum atomic E-state index is 11.5. The maximum Gasteiger partial charge on any atom is 0.217 e. The molecule has 1 amide bonds. The third-order valence-corrected chi connectivity index (χ3v) is 4.43. The molecule has 0 bridgehead atoms. The zero-order chi connectivity index (χ0) is 18.7. The smallest absolute Gasteiger partial charge is 0.217 e. The molecule has 0 spiro atoms. The largest absolute Gasteiger partial charge is 0.394 e. The fourth-order valence-electron chi connectivity index (χ4n) is 3.04. The van der Waals surface area contributed by atoms with Gasteiger partial charge in [0.1, 0.15) is 30.5 Å². The average molecular weight is 365 g/mol. The van der Waals surface area contributed by atoms with Crippen molar-refractivity contribution in [3.63, 3.8) is 0 Å². The maximum absolute atomic E-state index is 11.5. The van der Waals surface area contributed by atoms with E-state index in [9.17, 15) is 25.2 Å². The van der Waals surface area contributed by atoms with E-state index >= 15 is 0 Å². The lowest BCUT2D eigenvalue weighted by atomic mass is 9.96. The highest BCUT2D eigenvalue weighted by Crippen LogP contribution is 2.29. The highest BCUT2D eigenvalue weighted by atomic mass is 16.7. The molecule has 0 radical (unpaired) electrons. The molecule has 0 saturated carbocycles. The minimum absolute atomic E-state index is 0.0487. The highest BCUT2D eigenvalue weighted by Gasteiger charge is 2.49. The van der Waals surface area contributed by atoms with Crippen LogP contribution in [0.1, 0.15) is 20.3 Å². The van der Waals surface area contributed by atoms with Crippen molar-refractivity contribution in [2.75, 3.05) is 13.7 Å². The van der Waals surface area contributed by atoms with E-state index in [0.29, 0.717) is 0 Å². The molecular formula is C15H27NO9. The van der Waals surface area contributed by atoms with Gasteiger partial charge in [-0.2, -0.15) is 0 Å². The first-order valence-electron chi connectivity index (χ1n) is 8.19. The van der Waals surface area contributed by atoms with E-state index in [4.69, 9.17) is 18.9 Å². The van der Waals surface area contributed by atoms with Crippen LogP contribution in [0.4, 0.5) is 0 Å². The number of hydrogen-bond donors (Lipinski definition) is 5. The molecule has 2 rings (SSSR count). The Labute approximate surface area is 145 Å². The molecule has 0 aliphatic carbocycles. The first kappa shape index (κ1) is 20.5. The first-order valence-corrected chi connectivity index (χ1v) is 8.19. The van der Waals surface area contributed by atoms with Gasteiger partial charge in [-0.05, 0) is 6.92 Å². The summed E-state index contributed by atoms with van der Waals surface area (Å²) in [6.07, 6.45) is -7.94. The number of aliphatic hydroxyl groups excluding tert-OH is 4. The molecule has 0 aromatic rings. The Kier molecular flexibility index (Phi) is 7.11. The minimum Gasteiger partial charge on any atom is -0.394 e. The quantitative estimate of drug-likeness (QED) is 0.355. The van der Waals surface area contributed by atoms with Gasteiger partial charge in [-0.3, -0.25) is 4.79 Å². The minimum atomic E-state index is -1.30. The number of carbonyl (C=O) groups excluding carboxylic acids is 1. The molecule has 2 heterocycles. The lowest BCUT2D eigenvalue weighted by Crippen LogP contribution is -2.66. The van der Waals surface area contributed by atoms with E-state index in [0.717, 1.165) is 0 Å². The van der Waals surface area contributed by atoms with E-state index in [1.54, 1.807) is 6.92 Å². The molecule has 10 nitrogen and oxygen atoms in total. The molecule has 2 aliphatic rings. The summed E-state index contributed by atoms with van der Waals surface area (Å²) in [4.78, 5) is 11.5. The summed E-state index contributed by atoms with van der Waals surface area (Å²) in [6.45, 7) is 2.43. The molecule has 5 N–H and O–H groups in total. The molecule has 0 aromatic carbocycles. The Hall–Kier alpha value is -0.850. The topological polar surface area (TPSA) is 147 Å². The van der Waals surface area contributed by atoms with Crippen molar-refractivity contribution in [1.29, 1.82) is 0 Å². The van der Waals surface area contributed by atoms with Gasteiger partial charge in [0, 0.05) is 20.5 Å². The number of methoxy groups -OCH3 is 1. The van der Waals surface area contributed by atoms with Crippen molar-refractivity contribution in [2.24, 2.45) is 0 Å². The van der Waals surface area contributed by atoms with Gasteiger partial charge in [-0.1, -0.05) is 0 Å². The van der Waals surface area contributed by atoms with Crippen LogP contribution in [-0.2, 0) is 23.7 Å². The monoisotopic (exact) mass is 365 g/mol.